The van der Waals surface area contributed by atoms with Crippen molar-refractivity contribution in [2.24, 2.45) is 0 Å². The highest BCUT2D eigenvalue weighted by molar-refractivity contribution is 7.99. The number of benzene rings is 2. The summed E-state index contributed by atoms with van der Waals surface area (Å²) in [7, 11) is 0. The minimum atomic E-state index is -0.151. The SMILES string of the molecule is Cc1nnnn1-c1ccccc1C(=O)NCCSc1ccc(Cl)cc1. The lowest BCUT2D eigenvalue weighted by Gasteiger charge is -2.10. The number of carbonyl (C=O) groups excluding carboxylic acids is 1. The Labute approximate surface area is 154 Å². The second-order valence-corrected chi connectivity index (χ2v) is 6.82. The van der Waals surface area contributed by atoms with Crippen molar-refractivity contribution < 1.29 is 4.79 Å². The number of para-hydroxylation sites is 1. The van der Waals surface area contributed by atoms with E-state index in [-0.39, 0.29) is 5.91 Å². The summed E-state index contributed by atoms with van der Waals surface area (Å²) in [6.07, 6.45) is 0. The minimum absolute atomic E-state index is 0.151. The van der Waals surface area contributed by atoms with E-state index in [1.165, 1.54) is 0 Å². The average molecular weight is 374 g/mol. The van der Waals surface area contributed by atoms with Crippen molar-refractivity contribution in [3.63, 3.8) is 0 Å². The molecule has 0 aliphatic carbocycles. The molecule has 1 heterocycles. The maximum atomic E-state index is 12.5. The van der Waals surface area contributed by atoms with Gasteiger partial charge in [0.2, 0.25) is 0 Å². The van der Waals surface area contributed by atoms with E-state index in [9.17, 15) is 4.79 Å². The van der Waals surface area contributed by atoms with Crippen LogP contribution in [0.15, 0.2) is 53.4 Å². The van der Waals surface area contributed by atoms with Crippen LogP contribution in [0, 0.1) is 6.92 Å². The van der Waals surface area contributed by atoms with Crippen LogP contribution < -0.4 is 5.32 Å². The molecule has 0 aliphatic heterocycles. The number of aromatic nitrogens is 4. The highest BCUT2D eigenvalue weighted by atomic mass is 35.5. The largest absolute Gasteiger partial charge is 0.351 e. The van der Waals surface area contributed by atoms with Gasteiger partial charge in [0, 0.05) is 22.2 Å². The fourth-order valence-corrected chi connectivity index (χ4v) is 3.16. The molecule has 0 aliphatic rings. The zero-order chi connectivity index (χ0) is 17.6. The molecule has 0 saturated carbocycles. The molecule has 1 N–H and O–H groups in total. The molecule has 1 aromatic heterocycles. The number of carbonyl (C=O) groups is 1. The molecule has 6 nitrogen and oxygen atoms in total. The van der Waals surface area contributed by atoms with Crippen molar-refractivity contribution in [2.75, 3.05) is 12.3 Å². The van der Waals surface area contributed by atoms with Gasteiger partial charge in [-0.15, -0.1) is 16.9 Å². The second-order valence-electron chi connectivity index (χ2n) is 5.21. The number of halogens is 1. The minimum Gasteiger partial charge on any atom is -0.351 e. The first-order chi connectivity index (χ1) is 12.1. The number of tetrazole rings is 1. The van der Waals surface area contributed by atoms with Gasteiger partial charge in [-0.2, -0.15) is 4.68 Å². The van der Waals surface area contributed by atoms with Crippen LogP contribution >= 0.6 is 23.4 Å². The second kappa shape index (κ2) is 8.13. The Balaban J connectivity index is 1.60. The molecule has 0 bridgehead atoms. The highest BCUT2D eigenvalue weighted by Gasteiger charge is 2.14. The quantitative estimate of drug-likeness (QED) is 0.530. The Hall–Kier alpha value is -2.38. The topological polar surface area (TPSA) is 72.7 Å². The van der Waals surface area contributed by atoms with E-state index >= 15 is 0 Å². The van der Waals surface area contributed by atoms with Gasteiger partial charge in [-0.1, -0.05) is 23.7 Å². The lowest BCUT2D eigenvalue weighted by atomic mass is 10.1. The van der Waals surface area contributed by atoms with Crippen LogP contribution in [0.4, 0.5) is 0 Å². The van der Waals surface area contributed by atoms with E-state index in [1.807, 2.05) is 42.5 Å². The number of nitrogens with zero attached hydrogens (tertiary/aromatic N) is 4. The summed E-state index contributed by atoms with van der Waals surface area (Å²) in [6.45, 7) is 2.34. The highest BCUT2D eigenvalue weighted by Crippen LogP contribution is 2.20. The Kier molecular flexibility index (Phi) is 5.67. The number of hydrogen-bond acceptors (Lipinski definition) is 5. The third kappa shape index (κ3) is 4.37. The summed E-state index contributed by atoms with van der Waals surface area (Å²) in [5, 5.41) is 15.1. The van der Waals surface area contributed by atoms with Crippen LogP contribution in [0.2, 0.25) is 5.02 Å². The first-order valence-corrected chi connectivity index (χ1v) is 9.02. The summed E-state index contributed by atoms with van der Waals surface area (Å²) in [6, 6.07) is 14.9. The van der Waals surface area contributed by atoms with Gasteiger partial charge in [-0.05, 0) is 53.7 Å². The van der Waals surface area contributed by atoms with E-state index in [1.54, 1.807) is 29.4 Å². The summed E-state index contributed by atoms with van der Waals surface area (Å²) in [4.78, 5) is 13.6. The summed E-state index contributed by atoms with van der Waals surface area (Å²) in [5.74, 6) is 1.24. The van der Waals surface area contributed by atoms with E-state index in [4.69, 9.17) is 11.6 Å². The lowest BCUT2D eigenvalue weighted by molar-refractivity contribution is 0.0956. The number of aryl methyl sites for hydroxylation is 1. The number of nitrogens with one attached hydrogen (secondary N) is 1. The normalized spacial score (nSPS) is 10.6. The van der Waals surface area contributed by atoms with Crippen LogP contribution in [-0.2, 0) is 0 Å². The van der Waals surface area contributed by atoms with E-state index in [0.29, 0.717) is 28.6 Å². The fraction of sp³-hybridized carbons (Fsp3) is 0.176. The summed E-state index contributed by atoms with van der Waals surface area (Å²) < 4.78 is 1.55. The molecule has 0 saturated heterocycles. The zero-order valence-corrected chi connectivity index (χ0v) is 15.1. The summed E-state index contributed by atoms with van der Waals surface area (Å²) >= 11 is 7.53. The Morgan fingerprint density at radius 2 is 1.96 bits per heavy atom. The molecule has 128 valence electrons. The Morgan fingerprint density at radius 3 is 2.68 bits per heavy atom. The van der Waals surface area contributed by atoms with Gasteiger partial charge in [0.05, 0.1) is 11.3 Å². The van der Waals surface area contributed by atoms with Crippen molar-refractivity contribution in [1.82, 2.24) is 25.5 Å². The maximum absolute atomic E-state index is 12.5. The van der Waals surface area contributed by atoms with Gasteiger partial charge in [0.1, 0.15) is 0 Å². The molecule has 0 spiro atoms. The van der Waals surface area contributed by atoms with E-state index in [0.717, 1.165) is 10.6 Å². The molecule has 2 aromatic carbocycles. The molecule has 3 aromatic rings. The van der Waals surface area contributed by atoms with Gasteiger partial charge in [0.15, 0.2) is 5.82 Å². The van der Waals surface area contributed by atoms with Crippen LogP contribution in [0.25, 0.3) is 5.69 Å². The van der Waals surface area contributed by atoms with Crippen molar-refractivity contribution in [1.29, 1.82) is 0 Å². The molecule has 0 fully saturated rings. The molecule has 3 rings (SSSR count). The first-order valence-electron chi connectivity index (χ1n) is 7.66. The van der Waals surface area contributed by atoms with Crippen LogP contribution in [-0.4, -0.2) is 38.4 Å². The van der Waals surface area contributed by atoms with Crippen LogP contribution in [0.1, 0.15) is 16.2 Å². The van der Waals surface area contributed by atoms with Crippen LogP contribution in [0.5, 0.6) is 0 Å². The predicted molar refractivity (Wildman–Crippen MR) is 98.4 cm³/mol. The molecular formula is C17H16ClN5OS. The molecule has 1 amide bonds. The van der Waals surface area contributed by atoms with Gasteiger partial charge >= 0.3 is 0 Å². The number of hydrogen-bond donors (Lipinski definition) is 1. The number of thioether (sulfide) groups is 1. The molecule has 0 atom stereocenters. The molecular weight excluding hydrogens is 358 g/mol. The maximum Gasteiger partial charge on any atom is 0.253 e. The molecule has 0 radical (unpaired) electrons. The lowest BCUT2D eigenvalue weighted by Crippen LogP contribution is -2.27. The smallest absolute Gasteiger partial charge is 0.253 e. The summed E-state index contributed by atoms with van der Waals surface area (Å²) in [5.41, 5.74) is 1.20. The van der Waals surface area contributed by atoms with Gasteiger partial charge < -0.3 is 5.32 Å². The number of rotatable bonds is 6. The van der Waals surface area contributed by atoms with E-state index in [2.05, 4.69) is 20.8 Å². The molecule has 8 heteroatoms. The van der Waals surface area contributed by atoms with Gasteiger partial charge in [-0.25, -0.2) is 0 Å². The zero-order valence-electron chi connectivity index (χ0n) is 13.5. The average Bonchev–Trinajstić information content (AvgIpc) is 3.06. The standard InChI is InChI=1S/C17H16ClN5OS/c1-12-20-21-22-23(12)16-5-3-2-4-15(16)17(24)19-10-11-25-14-8-6-13(18)7-9-14/h2-9H,10-11H2,1H3,(H,19,24). The third-order valence-corrected chi connectivity index (χ3v) is 4.74. The van der Waals surface area contributed by atoms with Crippen LogP contribution in [0.3, 0.4) is 0 Å². The van der Waals surface area contributed by atoms with Crippen molar-refractivity contribution in [2.45, 2.75) is 11.8 Å². The Morgan fingerprint density at radius 1 is 1.20 bits per heavy atom. The first kappa shape index (κ1) is 17.4. The van der Waals surface area contributed by atoms with Crippen molar-refractivity contribution >= 4 is 29.3 Å². The third-order valence-electron chi connectivity index (χ3n) is 3.47. The van der Waals surface area contributed by atoms with Gasteiger partial charge in [0.25, 0.3) is 5.91 Å². The monoisotopic (exact) mass is 373 g/mol. The van der Waals surface area contributed by atoms with E-state index < -0.39 is 0 Å². The molecule has 25 heavy (non-hydrogen) atoms. The number of amides is 1. The molecule has 0 unspecified atom stereocenters. The van der Waals surface area contributed by atoms with Gasteiger partial charge in [-0.3, -0.25) is 4.79 Å². The fourth-order valence-electron chi connectivity index (χ4n) is 2.26. The Bertz CT molecular complexity index is 865. The van der Waals surface area contributed by atoms with Crippen molar-refractivity contribution in [3.05, 3.63) is 64.9 Å². The van der Waals surface area contributed by atoms with Crippen molar-refractivity contribution in [3.8, 4) is 5.69 Å². The predicted octanol–water partition coefficient (Wildman–Crippen LogP) is 3.15.